The van der Waals surface area contributed by atoms with Gasteiger partial charge >= 0.3 is 0 Å². The maximum Gasteiger partial charge on any atom is 0.257 e. The Morgan fingerprint density at radius 3 is 2.90 bits per heavy atom. The van der Waals surface area contributed by atoms with Crippen LogP contribution in [0.5, 0.6) is 0 Å². The predicted octanol–water partition coefficient (Wildman–Crippen LogP) is 0.969. The zero-order chi connectivity index (χ0) is 14.7. The van der Waals surface area contributed by atoms with Crippen LogP contribution in [0.25, 0.3) is 5.95 Å². The summed E-state index contributed by atoms with van der Waals surface area (Å²) in [6.45, 7) is 4.18. The third kappa shape index (κ3) is 2.94. The van der Waals surface area contributed by atoms with Gasteiger partial charge in [0, 0.05) is 25.5 Å². The number of aromatic nitrogens is 5. The molecule has 2 aromatic rings. The lowest BCUT2D eigenvalue weighted by molar-refractivity contribution is 0.529. The van der Waals surface area contributed by atoms with Crippen molar-refractivity contribution >= 4 is 11.9 Å². The predicted molar refractivity (Wildman–Crippen MR) is 80.0 cm³/mol. The molecule has 0 saturated carbocycles. The average Bonchev–Trinajstić information content (AvgIpc) is 3.18. The second kappa shape index (κ2) is 6.04. The summed E-state index contributed by atoms with van der Waals surface area (Å²) in [7, 11) is 0. The van der Waals surface area contributed by atoms with E-state index in [1.165, 1.54) is 19.3 Å². The van der Waals surface area contributed by atoms with Gasteiger partial charge in [0.25, 0.3) is 5.95 Å². The Morgan fingerprint density at radius 1 is 1.33 bits per heavy atom. The smallest absolute Gasteiger partial charge is 0.257 e. The van der Waals surface area contributed by atoms with Crippen LogP contribution in [0.3, 0.4) is 0 Å². The summed E-state index contributed by atoms with van der Waals surface area (Å²) in [6.07, 6.45) is 7.12. The Kier molecular flexibility index (Phi) is 3.96. The van der Waals surface area contributed by atoms with Gasteiger partial charge in [-0.15, -0.1) is 0 Å². The summed E-state index contributed by atoms with van der Waals surface area (Å²) < 4.78 is 1.60. The highest BCUT2D eigenvalue weighted by Gasteiger charge is 2.24. The zero-order valence-corrected chi connectivity index (χ0v) is 12.1. The number of nitrogens with one attached hydrogen (secondary N) is 1. The summed E-state index contributed by atoms with van der Waals surface area (Å²) in [5.74, 6) is 7.66. The molecule has 112 valence electrons. The fourth-order valence-corrected chi connectivity index (χ4v) is 2.71. The third-order valence-electron chi connectivity index (χ3n) is 3.72. The topological polar surface area (TPSA) is 97.8 Å². The van der Waals surface area contributed by atoms with Gasteiger partial charge < -0.3 is 4.90 Å². The minimum Gasteiger partial charge on any atom is -0.340 e. The molecule has 1 saturated heterocycles. The van der Waals surface area contributed by atoms with Crippen LogP contribution in [0.2, 0.25) is 0 Å². The molecule has 3 N–H and O–H groups in total. The molecular formula is C13H20N8. The lowest BCUT2D eigenvalue weighted by atomic mass is 10.0. The van der Waals surface area contributed by atoms with Gasteiger partial charge in [-0.2, -0.15) is 20.1 Å². The molecule has 0 aromatic carbocycles. The largest absolute Gasteiger partial charge is 0.340 e. The molecule has 8 heteroatoms. The molecule has 1 fully saturated rings. The molecule has 0 bridgehead atoms. The Balaban J connectivity index is 1.87. The fourth-order valence-electron chi connectivity index (χ4n) is 2.71. The Labute approximate surface area is 123 Å². The van der Waals surface area contributed by atoms with Gasteiger partial charge in [0.1, 0.15) is 0 Å². The minimum atomic E-state index is 0.351. The molecule has 1 aliphatic rings. The van der Waals surface area contributed by atoms with Crippen LogP contribution in [-0.2, 0) is 0 Å². The van der Waals surface area contributed by atoms with Crippen molar-refractivity contribution < 1.29 is 0 Å². The number of nitrogens with zero attached hydrogens (tertiary/aromatic N) is 6. The van der Waals surface area contributed by atoms with Crippen LogP contribution < -0.4 is 16.2 Å². The average molecular weight is 288 g/mol. The van der Waals surface area contributed by atoms with Crippen molar-refractivity contribution in [3.05, 3.63) is 18.5 Å². The van der Waals surface area contributed by atoms with E-state index in [4.69, 9.17) is 5.84 Å². The number of hydrogen-bond donors (Lipinski definition) is 2. The summed E-state index contributed by atoms with van der Waals surface area (Å²) in [6, 6.07) is 1.83. The molecule has 0 aliphatic carbocycles. The van der Waals surface area contributed by atoms with E-state index in [0.717, 1.165) is 13.1 Å². The van der Waals surface area contributed by atoms with Crippen molar-refractivity contribution in [1.29, 1.82) is 0 Å². The number of nitrogens with two attached hydrogens (primary N) is 1. The zero-order valence-electron chi connectivity index (χ0n) is 12.1. The molecule has 1 aliphatic heterocycles. The first-order chi connectivity index (χ1) is 10.3. The number of rotatable bonds is 5. The van der Waals surface area contributed by atoms with Gasteiger partial charge in [-0.3, -0.25) is 5.43 Å². The van der Waals surface area contributed by atoms with Gasteiger partial charge in [-0.1, -0.05) is 13.3 Å². The molecule has 1 unspecified atom stereocenters. The van der Waals surface area contributed by atoms with Crippen molar-refractivity contribution in [2.75, 3.05) is 23.4 Å². The maximum absolute atomic E-state index is 5.46. The van der Waals surface area contributed by atoms with E-state index in [1.807, 2.05) is 6.07 Å². The van der Waals surface area contributed by atoms with Gasteiger partial charge in [0.15, 0.2) is 0 Å². The SMILES string of the molecule is CCCC1CCN(c2nc(NN)nc(-n3cccn3)n2)C1. The van der Waals surface area contributed by atoms with Crippen molar-refractivity contribution in [1.82, 2.24) is 24.7 Å². The molecule has 3 heterocycles. The molecule has 0 spiro atoms. The van der Waals surface area contributed by atoms with E-state index in [2.05, 4.69) is 37.3 Å². The van der Waals surface area contributed by atoms with E-state index in [1.54, 1.807) is 17.1 Å². The third-order valence-corrected chi connectivity index (χ3v) is 3.72. The van der Waals surface area contributed by atoms with Crippen LogP contribution in [0, 0.1) is 5.92 Å². The molecular weight excluding hydrogens is 268 g/mol. The molecule has 2 aromatic heterocycles. The summed E-state index contributed by atoms with van der Waals surface area (Å²) in [5, 5.41) is 4.15. The Hall–Kier alpha value is -2.22. The first kappa shape index (κ1) is 13.7. The summed E-state index contributed by atoms with van der Waals surface area (Å²) in [5.41, 5.74) is 2.50. The lowest BCUT2D eigenvalue weighted by Gasteiger charge is -2.17. The quantitative estimate of drug-likeness (QED) is 0.625. The number of anilines is 2. The second-order valence-electron chi connectivity index (χ2n) is 5.24. The summed E-state index contributed by atoms with van der Waals surface area (Å²) >= 11 is 0. The van der Waals surface area contributed by atoms with Crippen molar-refractivity contribution in [2.24, 2.45) is 11.8 Å². The van der Waals surface area contributed by atoms with Crippen LogP contribution in [-0.4, -0.2) is 37.8 Å². The Bertz CT molecular complexity index is 582. The molecule has 8 nitrogen and oxygen atoms in total. The van der Waals surface area contributed by atoms with Gasteiger partial charge in [0.2, 0.25) is 11.9 Å². The number of hydrogen-bond acceptors (Lipinski definition) is 7. The van der Waals surface area contributed by atoms with Crippen LogP contribution in [0.15, 0.2) is 18.5 Å². The van der Waals surface area contributed by atoms with E-state index in [0.29, 0.717) is 23.8 Å². The highest BCUT2D eigenvalue weighted by Crippen LogP contribution is 2.24. The fraction of sp³-hybridized carbons (Fsp3) is 0.538. The molecule has 0 amide bonds. The van der Waals surface area contributed by atoms with E-state index >= 15 is 0 Å². The maximum atomic E-state index is 5.46. The van der Waals surface area contributed by atoms with Crippen molar-refractivity contribution in [2.45, 2.75) is 26.2 Å². The monoisotopic (exact) mass is 288 g/mol. The minimum absolute atomic E-state index is 0.351. The van der Waals surface area contributed by atoms with Crippen LogP contribution in [0.4, 0.5) is 11.9 Å². The van der Waals surface area contributed by atoms with Crippen molar-refractivity contribution in [3.8, 4) is 5.95 Å². The second-order valence-corrected chi connectivity index (χ2v) is 5.24. The molecule has 0 radical (unpaired) electrons. The highest BCUT2D eigenvalue weighted by atomic mass is 15.4. The molecule has 3 rings (SSSR count). The highest BCUT2D eigenvalue weighted by molar-refractivity contribution is 5.40. The number of hydrazine groups is 1. The normalized spacial score (nSPS) is 18.2. The first-order valence-electron chi connectivity index (χ1n) is 7.27. The van der Waals surface area contributed by atoms with E-state index < -0.39 is 0 Å². The van der Waals surface area contributed by atoms with E-state index in [-0.39, 0.29) is 0 Å². The van der Waals surface area contributed by atoms with E-state index in [9.17, 15) is 0 Å². The molecule has 21 heavy (non-hydrogen) atoms. The van der Waals surface area contributed by atoms with Gasteiger partial charge in [0.05, 0.1) is 0 Å². The lowest BCUT2D eigenvalue weighted by Crippen LogP contribution is -2.24. The molecule has 1 atom stereocenters. The van der Waals surface area contributed by atoms with Crippen LogP contribution in [0.1, 0.15) is 26.2 Å². The standard InChI is InChI=1S/C13H20N8/c1-2-4-10-5-8-20(9-10)12-16-11(19-14)17-13(18-12)21-7-3-6-15-21/h3,6-7,10H,2,4-5,8-9,14H2,1H3,(H,16,17,18,19). The number of nitrogen functional groups attached to an aromatic ring is 1. The van der Waals surface area contributed by atoms with Gasteiger partial charge in [-0.05, 0) is 24.8 Å². The van der Waals surface area contributed by atoms with Gasteiger partial charge in [-0.25, -0.2) is 10.5 Å². The summed E-state index contributed by atoms with van der Waals surface area (Å²) in [4.78, 5) is 15.3. The van der Waals surface area contributed by atoms with Crippen molar-refractivity contribution in [3.63, 3.8) is 0 Å². The Morgan fingerprint density at radius 2 is 2.19 bits per heavy atom. The first-order valence-corrected chi connectivity index (χ1v) is 7.27. The van der Waals surface area contributed by atoms with Crippen LogP contribution >= 0.6 is 0 Å².